The molecule has 0 spiro atoms. The number of pyridine rings is 1. The zero-order valence-electron chi connectivity index (χ0n) is 15.6. The fraction of sp³-hybridized carbons (Fsp3) is 0.0833. The summed E-state index contributed by atoms with van der Waals surface area (Å²) in [5.74, 6) is -0.388. The van der Waals surface area contributed by atoms with E-state index in [1.165, 1.54) is 0 Å². The number of aryl methyl sites for hydroxylation is 1. The molecule has 138 valence electrons. The van der Waals surface area contributed by atoms with Crippen LogP contribution < -0.4 is 10.9 Å². The summed E-state index contributed by atoms with van der Waals surface area (Å²) in [4.78, 5) is 26.3. The maximum atomic E-state index is 13.3. The number of benzene rings is 3. The smallest absolute Gasteiger partial charge is 0.264 e. The van der Waals surface area contributed by atoms with Crippen LogP contribution in [-0.4, -0.2) is 10.5 Å². The fourth-order valence-electron chi connectivity index (χ4n) is 3.47. The van der Waals surface area contributed by atoms with E-state index in [4.69, 9.17) is 0 Å². The van der Waals surface area contributed by atoms with E-state index in [1.807, 2.05) is 79.7 Å². The van der Waals surface area contributed by atoms with E-state index in [1.54, 1.807) is 16.7 Å². The lowest BCUT2D eigenvalue weighted by atomic mass is 10.0. The molecule has 1 heterocycles. The summed E-state index contributed by atoms with van der Waals surface area (Å²) in [6.45, 7) is 2.24. The molecule has 0 aliphatic rings. The Morgan fingerprint density at radius 1 is 0.857 bits per heavy atom. The molecular weight excluding hydrogens is 348 g/mol. The molecule has 4 aromatic rings. The molecule has 0 unspecified atom stereocenters. The van der Waals surface area contributed by atoms with Crippen LogP contribution in [0.15, 0.2) is 89.7 Å². The van der Waals surface area contributed by atoms with Gasteiger partial charge >= 0.3 is 0 Å². The Morgan fingerprint density at radius 2 is 1.46 bits per heavy atom. The second kappa shape index (κ2) is 7.53. The summed E-state index contributed by atoms with van der Waals surface area (Å²) in [6.07, 6.45) is 0. The van der Waals surface area contributed by atoms with Gasteiger partial charge in [0, 0.05) is 11.1 Å². The lowest BCUT2D eigenvalue weighted by Crippen LogP contribution is -2.31. The van der Waals surface area contributed by atoms with Gasteiger partial charge in [-0.3, -0.25) is 9.59 Å². The number of hydrogen-bond acceptors (Lipinski definition) is 2. The minimum atomic E-state index is -0.388. The third kappa shape index (κ3) is 3.32. The molecule has 28 heavy (non-hydrogen) atoms. The molecule has 4 nitrogen and oxygen atoms in total. The molecule has 4 heteroatoms. The standard InChI is InChI=1S/C24H20N2O2/c1-17-20-14-8-9-15-21(20)26(16-18-10-4-2-5-11-18)24(28)22(17)23(27)25-19-12-6-3-7-13-19/h2-15H,16H2,1H3,(H,25,27). The van der Waals surface area contributed by atoms with Gasteiger partial charge in [0.1, 0.15) is 5.56 Å². The van der Waals surface area contributed by atoms with Crippen LogP contribution in [-0.2, 0) is 6.54 Å². The Labute approximate surface area is 163 Å². The lowest BCUT2D eigenvalue weighted by molar-refractivity contribution is 0.102. The van der Waals surface area contributed by atoms with Crippen molar-refractivity contribution in [3.05, 3.63) is 112 Å². The normalized spacial score (nSPS) is 10.8. The first-order chi connectivity index (χ1) is 13.6. The number of nitrogens with zero attached hydrogens (tertiary/aromatic N) is 1. The number of anilines is 1. The van der Waals surface area contributed by atoms with Gasteiger partial charge < -0.3 is 9.88 Å². The monoisotopic (exact) mass is 368 g/mol. The first kappa shape index (κ1) is 17.7. The maximum absolute atomic E-state index is 13.3. The molecule has 0 aliphatic heterocycles. The van der Waals surface area contributed by atoms with Crippen LogP contribution in [0.1, 0.15) is 21.5 Å². The van der Waals surface area contributed by atoms with Crippen molar-refractivity contribution in [3.63, 3.8) is 0 Å². The predicted octanol–water partition coefficient (Wildman–Crippen LogP) is 4.61. The third-order valence-corrected chi connectivity index (χ3v) is 4.88. The van der Waals surface area contributed by atoms with Gasteiger partial charge in [-0.05, 0) is 36.2 Å². The van der Waals surface area contributed by atoms with E-state index in [0.717, 1.165) is 16.5 Å². The Balaban J connectivity index is 1.87. The summed E-state index contributed by atoms with van der Waals surface area (Å²) < 4.78 is 1.68. The number of hydrogen-bond donors (Lipinski definition) is 1. The van der Waals surface area contributed by atoms with Gasteiger partial charge in [-0.2, -0.15) is 0 Å². The first-order valence-corrected chi connectivity index (χ1v) is 9.17. The number of rotatable bonds is 4. The summed E-state index contributed by atoms with van der Waals surface area (Å²) >= 11 is 0. The maximum Gasteiger partial charge on any atom is 0.264 e. The average molecular weight is 368 g/mol. The quantitative estimate of drug-likeness (QED) is 0.572. The van der Waals surface area contributed by atoms with Gasteiger partial charge in [0.05, 0.1) is 12.1 Å². The van der Waals surface area contributed by atoms with E-state index in [9.17, 15) is 9.59 Å². The van der Waals surface area contributed by atoms with E-state index >= 15 is 0 Å². The molecule has 1 aromatic heterocycles. The van der Waals surface area contributed by atoms with Crippen LogP contribution >= 0.6 is 0 Å². The van der Waals surface area contributed by atoms with Crippen molar-refractivity contribution in [2.45, 2.75) is 13.5 Å². The lowest BCUT2D eigenvalue weighted by Gasteiger charge is -2.16. The molecule has 0 aliphatic carbocycles. The molecule has 0 fully saturated rings. The highest BCUT2D eigenvalue weighted by molar-refractivity contribution is 6.07. The molecule has 0 radical (unpaired) electrons. The van der Waals surface area contributed by atoms with Gasteiger partial charge in [0.25, 0.3) is 11.5 Å². The summed E-state index contributed by atoms with van der Waals surface area (Å²) in [6, 6.07) is 26.7. The van der Waals surface area contributed by atoms with E-state index in [0.29, 0.717) is 17.8 Å². The minimum Gasteiger partial charge on any atom is -0.322 e. The van der Waals surface area contributed by atoms with Crippen molar-refractivity contribution < 1.29 is 4.79 Å². The van der Waals surface area contributed by atoms with Gasteiger partial charge in [-0.15, -0.1) is 0 Å². The second-order valence-corrected chi connectivity index (χ2v) is 6.71. The number of nitrogens with one attached hydrogen (secondary N) is 1. The SMILES string of the molecule is Cc1c(C(=O)Nc2ccccc2)c(=O)n(Cc2ccccc2)c2ccccc12. The molecule has 0 bridgehead atoms. The molecule has 4 rings (SSSR count). The highest BCUT2D eigenvalue weighted by Gasteiger charge is 2.20. The zero-order chi connectivity index (χ0) is 19.5. The van der Waals surface area contributed by atoms with Crippen molar-refractivity contribution in [1.82, 2.24) is 4.57 Å². The van der Waals surface area contributed by atoms with Gasteiger partial charge in [-0.25, -0.2) is 0 Å². The van der Waals surface area contributed by atoms with Crippen molar-refractivity contribution in [3.8, 4) is 0 Å². The second-order valence-electron chi connectivity index (χ2n) is 6.71. The van der Waals surface area contributed by atoms with Crippen LogP contribution in [0.5, 0.6) is 0 Å². The zero-order valence-corrected chi connectivity index (χ0v) is 15.6. The van der Waals surface area contributed by atoms with Crippen molar-refractivity contribution in [2.75, 3.05) is 5.32 Å². The van der Waals surface area contributed by atoms with Gasteiger partial charge in [-0.1, -0.05) is 66.7 Å². The molecule has 0 saturated carbocycles. The van der Waals surface area contributed by atoms with Crippen LogP contribution in [0.3, 0.4) is 0 Å². The molecular formula is C24H20N2O2. The number of amides is 1. The number of para-hydroxylation sites is 2. The summed E-state index contributed by atoms with van der Waals surface area (Å²) in [7, 11) is 0. The predicted molar refractivity (Wildman–Crippen MR) is 113 cm³/mol. The number of fused-ring (bicyclic) bond motifs is 1. The third-order valence-electron chi connectivity index (χ3n) is 4.88. The number of carbonyl (C=O) groups is 1. The topological polar surface area (TPSA) is 51.1 Å². The summed E-state index contributed by atoms with van der Waals surface area (Å²) in [5.41, 5.74) is 3.08. The van der Waals surface area contributed by atoms with Crippen molar-refractivity contribution in [1.29, 1.82) is 0 Å². The summed E-state index contributed by atoms with van der Waals surface area (Å²) in [5, 5.41) is 3.74. The Kier molecular flexibility index (Phi) is 4.77. The Hall–Kier alpha value is -3.66. The minimum absolute atomic E-state index is 0.179. The highest BCUT2D eigenvalue weighted by Crippen LogP contribution is 2.21. The molecule has 1 N–H and O–H groups in total. The number of carbonyl (C=O) groups excluding carboxylic acids is 1. The molecule has 1 amide bonds. The van der Waals surface area contributed by atoms with Crippen molar-refractivity contribution >= 4 is 22.5 Å². The molecule has 0 saturated heterocycles. The van der Waals surface area contributed by atoms with E-state index < -0.39 is 0 Å². The Morgan fingerprint density at radius 3 is 2.18 bits per heavy atom. The fourth-order valence-corrected chi connectivity index (χ4v) is 3.47. The van der Waals surface area contributed by atoms with Gasteiger partial charge in [0.2, 0.25) is 0 Å². The van der Waals surface area contributed by atoms with Crippen molar-refractivity contribution in [2.24, 2.45) is 0 Å². The molecule has 0 atom stereocenters. The molecule has 3 aromatic carbocycles. The van der Waals surface area contributed by atoms with Gasteiger partial charge in [0.15, 0.2) is 0 Å². The van der Waals surface area contributed by atoms with Crippen LogP contribution in [0.25, 0.3) is 10.9 Å². The number of aromatic nitrogens is 1. The largest absolute Gasteiger partial charge is 0.322 e. The van der Waals surface area contributed by atoms with E-state index in [2.05, 4.69) is 5.32 Å². The van der Waals surface area contributed by atoms with Crippen LogP contribution in [0, 0.1) is 6.92 Å². The van der Waals surface area contributed by atoms with Crippen LogP contribution in [0.2, 0.25) is 0 Å². The van der Waals surface area contributed by atoms with E-state index in [-0.39, 0.29) is 17.0 Å². The Bertz CT molecular complexity index is 1200. The average Bonchev–Trinajstić information content (AvgIpc) is 2.73. The highest BCUT2D eigenvalue weighted by atomic mass is 16.2. The van der Waals surface area contributed by atoms with Crippen LogP contribution in [0.4, 0.5) is 5.69 Å². The first-order valence-electron chi connectivity index (χ1n) is 9.17.